The van der Waals surface area contributed by atoms with Crippen LogP contribution in [0.5, 0.6) is 11.5 Å². The number of aliphatic hydroxyl groups is 1. The molecule has 5 nitrogen and oxygen atoms in total. The van der Waals surface area contributed by atoms with E-state index >= 15 is 0 Å². The van der Waals surface area contributed by atoms with E-state index in [9.17, 15) is 5.11 Å². The van der Waals surface area contributed by atoms with Gasteiger partial charge < -0.3 is 19.5 Å². The van der Waals surface area contributed by atoms with E-state index < -0.39 is 0 Å². The lowest BCUT2D eigenvalue weighted by Gasteiger charge is -2.31. The van der Waals surface area contributed by atoms with E-state index in [1.165, 1.54) is 0 Å². The fraction of sp³-hybridized carbons (Fsp3) is 0.600. The number of hydrogen-bond donors (Lipinski definition) is 1. The zero-order chi connectivity index (χ0) is 13.8. The Labute approximate surface area is 118 Å². The highest BCUT2D eigenvalue weighted by Crippen LogP contribution is 2.28. The van der Waals surface area contributed by atoms with Gasteiger partial charge >= 0.3 is 0 Å². The van der Waals surface area contributed by atoms with Gasteiger partial charge in [-0.2, -0.15) is 4.89 Å². The summed E-state index contributed by atoms with van der Waals surface area (Å²) < 4.78 is 11.2. The van der Waals surface area contributed by atoms with Gasteiger partial charge in [0.2, 0.25) is 6.29 Å². The van der Waals surface area contributed by atoms with Crippen molar-refractivity contribution in [1.29, 1.82) is 0 Å². The molecule has 1 aliphatic heterocycles. The van der Waals surface area contributed by atoms with E-state index in [0.29, 0.717) is 18.6 Å². The van der Waals surface area contributed by atoms with Crippen LogP contribution in [0.3, 0.4) is 0 Å². The molecule has 2 aliphatic rings. The smallest absolute Gasteiger partial charge is 0.202 e. The van der Waals surface area contributed by atoms with Gasteiger partial charge in [0.05, 0.1) is 6.10 Å². The van der Waals surface area contributed by atoms with Crippen LogP contribution in [0.2, 0.25) is 0 Å². The lowest BCUT2D eigenvalue weighted by Crippen LogP contribution is -2.37. The number of rotatable bonds is 5. The zero-order valence-electron chi connectivity index (χ0n) is 11.4. The van der Waals surface area contributed by atoms with Crippen molar-refractivity contribution in [1.82, 2.24) is 0 Å². The molecule has 0 bridgehead atoms. The monoisotopic (exact) mass is 280 g/mol. The first kappa shape index (κ1) is 13.7. The maximum atomic E-state index is 9.24. The van der Waals surface area contributed by atoms with Crippen molar-refractivity contribution in [3.05, 3.63) is 24.3 Å². The summed E-state index contributed by atoms with van der Waals surface area (Å²) in [6.45, 7) is 0.723. The van der Waals surface area contributed by atoms with Crippen LogP contribution in [0.15, 0.2) is 24.3 Å². The molecule has 1 heterocycles. The van der Waals surface area contributed by atoms with Gasteiger partial charge in [0.1, 0.15) is 11.9 Å². The highest BCUT2D eigenvalue weighted by Gasteiger charge is 2.29. The van der Waals surface area contributed by atoms with Crippen molar-refractivity contribution in [2.45, 2.75) is 50.6 Å². The van der Waals surface area contributed by atoms with Crippen molar-refractivity contribution in [3.8, 4) is 11.5 Å². The first-order valence-electron chi connectivity index (χ1n) is 7.19. The predicted molar refractivity (Wildman–Crippen MR) is 71.4 cm³/mol. The summed E-state index contributed by atoms with van der Waals surface area (Å²) in [4.78, 5) is 10.6. The van der Waals surface area contributed by atoms with Gasteiger partial charge in [-0.15, -0.1) is 0 Å². The van der Waals surface area contributed by atoms with Crippen molar-refractivity contribution in [2.24, 2.45) is 0 Å². The van der Waals surface area contributed by atoms with Crippen LogP contribution in [0, 0.1) is 0 Å². The Hall–Kier alpha value is -1.30. The second-order valence-electron chi connectivity index (χ2n) is 5.32. The molecular weight excluding hydrogens is 260 g/mol. The molecule has 1 aromatic rings. The molecule has 1 unspecified atom stereocenters. The number of aliphatic hydroxyl groups excluding tert-OH is 1. The molecule has 1 atom stereocenters. The number of hydrogen-bond acceptors (Lipinski definition) is 5. The maximum absolute atomic E-state index is 9.24. The van der Waals surface area contributed by atoms with Crippen LogP contribution in [-0.2, 0) is 9.62 Å². The summed E-state index contributed by atoms with van der Waals surface area (Å²) in [5.41, 5.74) is 0. The molecule has 1 saturated carbocycles. The summed E-state index contributed by atoms with van der Waals surface area (Å²) in [6.07, 6.45) is 4.02. The Kier molecular flexibility index (Phi) is 4.40. The number of ether oxygens (including phenoxy) is 2. The topological polar surface area (TPSA) is 57.2 Å². The molecule has 2 fully saturated rings. The maximum Gasteiger partial charge on any atom is 0.202 e. The van der Waals surface area contributed by atoms with Gasteiger partial charge in [0, 0.05) is 31.9 Å². The van der Waals surface area contributed by atoms with Crippen molar-refractivity contribution in [3.63, 3.8) is 0 Å². The van der Waals surface area contributed by atoms with Crippen LogP contribution < -0.4 is 9.62 Å². The van der Waals surface area contributed by atoms with E-state index in [0.717, 1.165) is 31.6 Å². The summed E-state index contributed by atoms with van der Waals surface area (Å²) in [6, 6.07) is 7.32. The molecule has 5 heteroatoms. The van der Waals surface area contributed by atoms with Gasteiger partial charge in [0.15, 0.2) is 5.75 Å². The standard InChI is InChI=1S/C15H20O5/c16-11-8-14(9-11)18-12-4-3-5-13(10-12)19-20-15-6-1-2-7-17-15/h3-5,10-11,14-16H,1-2,6-9H2/t11-,14-,15?. The minimum absolute atomic E-state index is 0.0999. The summed E-state index contributed by atoms with van der Waals surface area (Å²) in [7, 11) is 0. The molecule has 0 amide bonds. The quantitative estimate of drug-likeness (QED) is 0.663. The van der Waals surface area contributed by atoms with Crippen LogP contribution >= 0.6 is 0 Å². The fourth-order valence-corrected chi connectivity index (χ4v) is 2.32. The second-order valence-corrected chi connectivity index (χ2v) is 5.32. The van der Waals surface area contributed by atoms with Crippen molar-refractivity contribution < 1.29 is 24.4 Å². The SMILES string of the molecule is O[C@H]1C[C@H](Oc2cccc(OOC3CCCCO3)c2)C1. The van der Waals surface area contributed by atoms with E-state index in [1.807, 2.05) is 18.2 Å². The molecule has 1 N–H and O–H groups in total. The summed E-state index contributed by atoms with van der Waals surface area (Å²) in [5.74, 6) is 1.32. The summed E-state index contributed by atoms with van der Waals surface area (Å²) in [5, 5.41) is 9.24. The Morgan fingerprint density at radius 3 is 2.75 bits per heavy atom. The van der Waals surface area contributed by atoms with Gasteiger partial charge in [-0.1, -0.05) is 6.07 Å². The van der Waals surface area contributed by atoms with E-state index in [-0.39, 0.29) is 18.5 Å². The normalized spacial score (nSPS) is 29.6. The molecule has 0 spiro atoms. The first-order valence-corrected chi connectivity index (χ1v) is 7.19. The van der Waals surface area contributed by atoms with Gasteiger partial charge in [-0.05, 0) is 25.0 Å². The molecule has 1 saturated heterocycles. The van der Waals surface area contributed by atoms with Gasteiger partial charge in [-0.25, -0.2) is 0 Å². The highest BCUT2D eigenvalue weighted by atomic mass is 17.2. The lowest BCUT2D eigenvalue weighted by molar-refractivity contribution is -0.327. The molecule has 3 rings (SSSR count). The molecular formula is C15H20O5. The van der Waals surface area contributed by atoms with E-state index in [2.05, 4.69) is 0 Å². The van der Waals surface area contributed by atoms with Crippen LogP contribution in [0.25, 0.3) is 0 Å². The Bertz CT molecular complexity index is 424. The number of benzene rings is 1. The average Bonchev–Trinajstić information content (AvgIpc) is 2.45. The first-order chi connectivity index (χ1) is 9.79. The Morgan fingerprint density at radius 2 is 2.00 bits per heavy atom. The average molecular weight is 280 g/mol. The van der Waals surface area contributed by atoms with Crippen LogP contribution in [0.1, 0.15) is 32.1 Å². The summed E-state index contributed by atoms with van der Waals surface area (Å²) >= 11 is 0. The third-order valence-corrected chi connectivity index (χ3v) is 3.57. The predicted octanol–water partition coefficient (Wildman–Crippen LogP) is 2.43. The molecule has 110 valence electrons. The Balaban J connectivity index is 1.48. The minimum Gasteiger partial charge on any atom is -0.490 e. The third kappa shape index (κ3) is 3.62. The van der Waals surface area contributed by atoms with Gasteiger partial charge in [-0.3, -0.25) is 0 Å². The second kappa shape index (κ2) is 6.43. The zero-order valence-corrected chi connectivity index (χ0v) is 11.4. The molecule has 0 radical (unpaired) electrons. The van der Waals surface area contributed by atoms with Crippen molar-refractivity contribution in [2.75, 3.05) is 6.61 Å². The van der Waals surface area contributed by atoms with Crippen LogP contribution in [-0.4, -0.2) is 30.2 Å². The molecule has 0 aromatic heterocycles. The fourth-order valence-electron chi connectivity index (χ4n) is 2.32. The highest BCUT2D eigenvalue weighted by molar-refractivity contribution is 5.32. The molecule has 1 aromatic carbocycles. The largest absolute Gasteiger partial charge is 0.490 e. The van der Waals surface area contributed by atoms with E-state index in [1.54, 1.807) is 6.07 Å². The molecule has 20 heavy (non-hydrogen) atoms. The van der Waals surface area contributed by atoms with Gasteiger partial charge in [0.25, 0.3) is 0 Å². The van der Waals surface area contributed by atoms with Crippen molar-refractivity contribution >= 4 is 0 Å². The van der Waals surface area contributed by atoms with Crippen LogP contribution in [0.4, 0.5) is 0 Å². The molecule has 1 aliphatic carbocycles. The lowest BCUT2D eigenvalue weighted by atomic mass is 9.92. The minimum atomic E-state index is -0.282. The van der Waals surface area contributed by atoms with E-state index in [4.69, 9.17) is 19.2 Å². The third-order valence-electron chi connectivity index (χ3n) is 3.57. The Morgan fingerprint density at radius 1 is 1.15 bits per heavy atom.